The molecule has 82 valence electrons. The summed E-state index contributed by atoms with van der Waals surface area (Å²) in [6.07, 6.45) is 4.60. The molecule has 1 rings (SSSR count). The standard InChI is InChI=1S/C11H22N2O/c1-3-8-14-10-6-5-7-13(9-10)11(12)4-2/h10,12H,3-9H2,1-2H3. The first-order valence-electron chi connectivity index (χ1n) is 5.71. The van der Waals surface area contributed by atoms with Gasteiger partial charge in [-0.3, -0.25) is 5.41 Å². The van der Waals surface area contributed by atoms with Crippen molar-refractivity contribution in [1.29, 1.82) is 5.41 Å². The van der Waals surface area contributed by atoms with Crippen molar-refractivity contribution in [2.24, 2.45) is 0 Å². The Morgan fingerprint density at radius 1 is 1.50 bits per heavy atom. The van der Waals surface area contributed by atoms with Gasteiger partial charge in [0.15, 0.2) is 0 Å². The Hall–Kier alpha value is -0.570. The Bertz CT molecular complexity index is 182. The highest BCUT2D eigenvalue weighted by Gasteiger charge is 2.20. The molecule has 0 bridgehead atoms. The van der Waals surface area contributed by atoms with E-state index >= 15 is 0 Å². The van der Waals surface area contributed by atoms with E-state index in [1.807, 2.05) is 6.92 Å². The zero-order valence-corrected chi connectivity index (χ0v) is 9.38. The molecule has 1 atom stereocenters. The van der Waals surface area contributed by atoms with E-state index in [1.165, 1.54) is 0 Å². The van der Waals surface area contributed by atoms with Crippen LogP contribution in [0.4, 0.5) is 0 Å². The second-order valence-electron chi connectivity index (χ2n) is 3.88. The fraction of sp³-hybridized carbons (Fsp3) is 0.909. The van der Waals surface area contributed by atoms with E-state index in [1.54, 1.807) is 0 Å². The molecule has 1 heterocycles. The van der Waals surface area contributed by atoms with Crippen LogP contribution in [0.1, 0.15) is 39.5 Å². The summed E-state index contributed by atoms with van der Waals surface area (Å²) >= 11 is 0. The summed E-state index contributed by atoms with van der Waals surface area (Å²) in [5, 5.41) is 7.77. The Morgan fingerprint density at radius 3 is 2.93 bits per heavy atom. The van der Waals surface area contributed by atoms with Crippen molar-refractivity contribution in [3.8, 4) is 0 Å². The van der Waals surface area contributed by atoms with Crippen LogP contribution in [0, 0.1) is 5.41 Å². The highest BCUT2D eigenvalue weighted by atomic mass is 16.5. The summed E-state index contributed by atoms with van der Waals surface area (Å²) in [7, 11) is 0. The van der Waals surface area contributed by atoms with Crippen LogP contribution in [0.5, 0.6) is 0 Å². The molecule has 0 aliphatic carbocycles. The quantitative estimate of drug-likeness (QED) is 0.555. The number of nitrogens with zero attached hydrogens (tertiary/aromatic N) is 1. The van der Waals surface area contributed by atoms with Crippen molar-refractivity contribution in [3.05, 3.63) is 0 Å². The van der Waals surface area contributed by atoms with Crippen LogP contribution in [0.25, 0.3) is 0 Å². The molecule has 1 saturated heterocycles. The van der Waals surface area contributed by atoms with Crippen LogP contribution in [0.3, 0.4) is 0 Å². The minimum Gasteiger partial charge on any atom is -0.376 e. The van der Waals surface area contributed by atoms with Gasteiger partial charge in [-0.15, -0.1) is 0 Å². The van der Waals surface area contributed by atoms with E-state index in [-0.39, 0.29) is 0 Å². The lowest BCUT2D eigenvalue weighted by molar-refractivity contribution is 0.0160. The van der Waals surface area contributed by atoms with Crippen molar-refractivity contribution in [2.75, 3.05) is 19.7 Å². The van der Waals surface area contributed by atoms with Crippen molar-refractivity contribution in [2.45, 2.75) is 45.6 Å². The van der Waals surface area contributed by atoms with Crippen LogP contribution >= 0.6 is 0 Å². The normalized spacial score (nSPS) is 22.4. The lowest BCUT2D eigenvalue weighted by atomic mass is 10.1. The molecule has 0 aromatic rings. The number of ether oxygens (including phenoxy) is 1. The number of amidine groups is 1. The van der Waals surface area contributed by atoms with Crippen LogP contribution in [-0.4, -0.2) is 36.5 Å². The molecule has 0 radical (unpaired) electrons. The van der Waals surface area contributed by atoms with Gasteiger partial charge in [0.2, 0.25) is 0 Å². The fourth-order valence-electron chi connectivity index (χ4n) is 1.83. The highest BCUT2D eigenvalue weighted by molar-refractivity contribution is 5.78. The molecule has 0 amide bonds. The van der Waals surface area contributed by atoms with Crippen LogP contribution < -0.4 is 0 Å². The lowest BCUT2D eigenvalue weighted by Crippen LogP contribution is -2.42. The third-order valence-electron chi connectivity index (χ3n) is 2.65. The monoisotopic (exact) mass is 198 g/mol. The average Bonchev–Trinajstić information content (AvgIpc) is 2.25. The molecular weight excluding hydrogens is 176 g/mol. The summed E-state index contributed by atoms with van der Waals surface area (Å²) in [6.45, 7) is 7.00. The van der Waals surface area contributed by atoms with Gasteiger partial charge in [0, 0.05) is 26.1 Å². The summed E-state index contributed by atoms with van der Waals surface area (Å²) < 4.78 is 5.72. The maximum atomic E-state index is 7.77. The molecule has 0 aromatic carbocycles. The molecule has 14 heavy (non-hydrogen) atoms. The van der Waals surface area contributed by atoms with E-state index in [0.29, 0.717) is 6.10 Å². The second-order valence-corrected chi connectivity index (χ2v) is 3.88. The second kappa shape index (κ2) is 6.02. The van der Waals surface area contributed by atoms with Crippen molar-refractivity contribution >= 4 is 5.84 Å². The van der Waals surface area contributed by atoms with E-state index in [0.717, 1.165) is 51.2 Å². The van der Waals surface area contributed by atoms with Crippen LogP contribution in [0.15, 0.2) is 0 Å². The topological polar surface area (TPSA) is 36.3 Å². The minimum atomic E-state index is 0.357. The summed E-state index contributed by atoms with van der Waals surface area (Å²) in [4.78, 5) is 2.16. The Morgan fingerprint density at radius 2 is 2.29 bits per heavy atom. The fourth-order valence-corrected chi connectivity index (χ4v) is 1.83. The molecule has 1 fully saturated rings. The van der Waals surface area contributed by atoms with Gasteiger partial charge < -0.3 is 9.64 Å². The number of hydrogen-bond acceptors (Lipinski definition) is 2. The number of piperidine rings is 1. The summed E-state index contributed by atoms with van der Waals surface area (Å²) in [5.74, 6) is 0.759. The van der Waals surface area contributed by atoms with Gasteiger partial charge in [-0.1, -0.05) is 13.8 Å². The minimum absolute atomic E-state index is 0.357. The van der Waals surface area contributed by atoms with Crippen molar-refractivity contribution in [3.63, 3.8) is 0 Å². The van der Waals surface area contributed by atoms with Crippen LogP contribution in [0.2, 0.25) is 0 Å². The van der Waals surface area contributed by atoms with Gasteiger partial charge in [-0.05, 0) is 19.3 Å². The molecular formula is C11H22N2O. The molecule has 3 nitrogen and oxygen atoms in total. The van der Waals surface area contributed by atoms with E-state index in [9.17, 15) is 0 Å². The Labute approximate surface area is 86.9 Å². The van der Waals surface area contributed by atoms with Crippen molar-refractivity contribution < 1.29 is 4.74 Å². The van der Waals surface area contributed by atoms with E-state index < -0.39 is 0 Å². The SMILES string of the molecule is CCCOC1CCCN(C(=N)CC)C1. The van der Waals surface area contributed by atoms with E-state index in [2.05, 4.69) is 11.8 Å². The van der Waals surface area contributed by atoms with Gasteiger partial charge in [0.05, 0.1) is 11.9 Å². The summed E-state index contributed by atoms with van der Waals surface area (Å²) in [5.41, 5.74) is 0. The molecule has 0 spiro atoms. The molecule has 3 heteroatoms. The predicted molar refractivity (Wildman–Crippen MR) is 58.9 cm³/mol. The number of rotatable bonds is 4. The zero-order chi connectivity index (χ0) is 10.4. The molecule has 1 aliphatic rings. The molecule has 0 saturated carbocycles. The van der Waals surface area contributed by atoms with Crippen LogP contribution in [-0.2, 0) is 4.74 Å². The average molecular weight is 198 g/mol. The third kappa shape index (κ3) is 3.29. The first kappa shape index (κ1) is 11.5. The first-order chi connectivity index (χ1) is 6.77. The smallest absolute Gasteiger partial charge is 0.0955 e. The predicted octanol–water partition coefficient (Wildman–Crippen LogP) is 2.26. The van der Waals surface area contributed by atoms with Gasteiger partial charge in [-0.2, -0.15) is 0 Å². The number of nitrogens with one attached hydrogen (secondary N) is 1. The van der Waals surface area contributed by atoms with Gasteiger partial charge in [0.25, 0.3) is 0 Å². The lowest BCUT2D eigenvalue weighted by Gasteiger charge is -2.34. The largest absolute Gasteiger partial charge is 0.376 e. The molecule has 1 aliphatic heterocycles. The summed E-state index contributed by atoms with van der Waals surface area (Å²) in [6, 6.07) is 0. The Balaban J connectivity index is 2.31. The maximum Gasteiger partial charge on any atom is 0.0955 e. The van der Waals surface area contributed by atoms with Crippen molar-refractivity contribution in [1.82, 2.24) is 4.90 Å². The van der Waals surface area contributed by atoms with E-state index in [4.69, 9.17) is 10.1 Å². The number of likely N-dealkylation sites (tertiary alicyclic amines) is 1. The van der Waals surface area contributed by atoms with Gasteiger partial charge >= 0.3 is 0 Å². The zero-order valence-electron chi connectivity index (χ0n) is 9.38. The third-order valence-corrected chi connectivity index (χ3v) is 2.65. The van der Waals surface area contributed by atoms with Gasteiger partial charge in [-0.25, -0.2) is 0 Å². The van der Waals surface area contributed by atoms with Gasteiger partial charge in [0.1, 0.15) is 0 Å². The highest BCUT2D eigenvalue weighted by Crippen LogP contribution is 2.14. The maximum absolute atomic E-state index is 7.77. The molecule has 1 N–H and O–H groups in total. The Kier molecular flexibility index (Phi) is 4.94. The first-order valence-corrected chi connectivity index (χ1v) is 5.71. The number of hydrogen-bond donors (Lipinski definition) is 1. The molecule has 1 unspecified atom stereocenters. The molecule has 0 aromatic heterocycles.